The molecule has 144 valence electrons. The van der Waals surface area contributed by atoms with Crippen molar-refractivity contribution in [2.75, 3.05) is 40.0 Å². The third kappa shape index (κ3) is 7.14. The first-order valence-electron chi connectivity index (χ1n) is 9.39. The van der Waals surface area contributed by atoms with Crippen molar-refractivity contribution >= 4 is 11.7 Å². The monoisotopic (exact) mass is 362 g/mol. The van der Waals surface area contributed by atoms with Gasteiger partial charge in [-0.25, -0.2) is 0 Å². The van der Waals surface area contributed by atoms with Gasteiger partial charge in [-0.3, -0.25) is 9.69 Å². The Hall–Kier alpha value is -1.92. The lowest BCUT2D eigenvalue weighted by atomic mass is 9.98. The average Bonchev–Trinajstić information content (AvgIpc) is 2.67. The summed E-state index contributed by atoms with van der Waals surface area (Å²) in [5, 5.41) is 13.5. The van der Waals surface area contributed by atoms with Crippen LogP contribution in [-0.2, 0) is 14.4 Å². The van der Waals surface area contributed by atoms with E-state index < -0.39 is 5.97 Å². The molecule has 0 amide bonds. The van der Waals surface area contributed by atoms with Crippen molar-refractivity contribution in [3.63, 3.8) is 0 Å². The molecular formula is C20H30N2O4. The molecule has 6 nitrogen and oxygen atoms in total. The molecule has 1 aliphatic heterocycles. The molecule has 0 radical (unpaired) electrons. The first-order valence-corrected chi connectivity index (χ1v) is 9.39. The van der Waals surface area contributed by atoms with Gasteiger partial charge in [0.15, 0.2) is 0 Å². The standard InChI is InChI=1S/C20H30N2O4/c1-25-14-6-5-11-19(17-8-3-2-4-9-17)21-26-15-13-22-12-7-10-18(16-22)20(23)24/h2-4,8-9,18H,5-7,10-16H2,1H3,(H,23,24)/t18-/m1/s1. The molecule has 0 aromatic heterocycles. The van der Waals surface area contributed by atoms with E-state index in [4.69, 9.17) is 14.7 Å². The smallest absolute Gasteiger partial charge is 0.307 e. The highest BCUT2D eigenvalue weighted by atomic mass is 16.6. The third-order valence-corrected chi connectivity index (χ3v) is 4.65. The van der Waals surface area contributed by atoms with Crippen LogP contribution in [0.1, 0.15) is 37.7 Å². The van der Waals surface area contributed by atoms with E-state index in [9.17, 15) is 4.79 Å². The maximum Gasteiger partial charge on any atom is 0.307 e. The highest BCUT2D eigenvalue weighted by Gasteiger charge is 2.24. The fraction of sp³-hybridized carbons (Fsp3) is 0.600. The molecule has 0 saturated carbocycles. The molecule has 0 bridgehead atoms. The second kappa shape index (κ2) is 11.6. The van der Waals surface area contributed by atoms with E-state index >= 15 is 0 Å². The molecule has 6 heteroatoms. The molecule has 1 N–H and O–H groups in total. The van der Waals surface area contributed by atoms with Crippen LogP contribution in [-0.4, -0.2) is 61.6 Å². The van der Waals surface area contributed by atoms with Crippen molar-refractivity contribution in [2.24, 2.45) is 11.1 Å². The van der Waals surface area contributed by atoms with Gasteiger partial charge >= 0.3 is 5.97 Å². The topological polar surface area (TPSA) is 71.4 Å². The highest BCUT2D eigenvalue weighted by Crippen LogP contribution is 2.16. The number of ether oxygens (including phenoxy) is 1. The minimum atomic E-state index is -0.698. The Morgan fingerprint density at radius 1 is 1.27 bits per heavy atom. The van der Waals surface area contributed by atoms with E-state index in [1.54, 1.807) is 7.11 Å². The number of carboxylic acid groups (broad SMARTS) is 1. The molecule has 1 aliphatic rings. The second-order valence-electron chi connectivity index (χ2n) is 6.67. The Kier molecular flexibility index (Phi) is 9.14. The lowest BCUT2D eigenvalue weighted by Crippen LogP contribution is -2.40. The second-order valence-corrected chi connectivity index (χ2v) is 6.67. The van der Waals surface area contributed by atoms with Crippen LogP contribution in [0.15, 0.2) is 35.5 Å². The lowest BCUT2D eigenvalue weighted by Gasteiger charge is -2.29. The Bertz CT molecular complexity index is 562. The number of unbranched alkanes of at least 4 members (excludes halogenated alkanes) is 1. The summed E-state index contributed by atoms with van der Waals surface area (Å²) in [6.07, 6.45) is 4.53. The summed E-state index contributed by atoms with van der Waals surface area (Å²) in [7, 11) is 1.71. The minimum absolute atomic E-state index is 0.257. The Labute approximate surface area is 155 Å². The van der Waals surface area contributed by atoms with Crippen molar-refractivity contribution in [1.82, 2.24) is 4.90 Å². The SMILES string of the molecule is COCCCCC(=NOCCN1CCC[C@@H](C(=O)O)C1)c1ccccc1. The van der Waals surface area contributed by atoms with Gasteiger partial charge in [-0.15, -0.1) is 0 Å². The van der Waals surface area contributed by atoms with E-state index in [0.29, 0.717) is 19.7 Å². The number of aliphatic carboxylic acids is 1. The molecule has 1 aromatic carbocycles. The summed E-state index contributed by atoms with van der Waals surface area (Å²) in [5.41, 5.74) is 2.03. The minimum Gasteiger partial charge on any atom is -0.481 e. The highest BCUT2D eigenvalue weighted by molar-refractivity contribution is 6.00. The van der Waals surface area contributed by atoms with E-state index in [1.807, 2.05) is 30.3 Å². The summed E-state index contributed by atoms with van der Waals surface area (Å²) in [6.45, 7) is 3.47. The summed E-state index contributed by atoms with van der Waals surface area (Å²) in [4.78, 5) is 18.9. The third-order valence-electron chi connectivity index (χ3n) is 4.65. The normalized spacial score (nSPS) is 18.7. The lowest BCUT2D eigenvalue weighted by molar-refractivity contribution is -0.143. The number of carbonyl (C=O) groups is 1. The summed E-state index contributed by atoms with van der Waals surface area (Å²) in [6, 6.07) is 10.1. The van der Waals surface area contributed by atoms with Gasteiger partial charge < -0.3 is 14.7 Å². The van der Waals surface area contributed by atoms with Crippen LogP contribution >= 0.6 is 0 Å². The molecule has 1 fully saturated rings. The molecule has 0 spiro atoms. The van der Waals surface area contributed by atoms with E-state index in [-0.39, 0.29) is 5.92 Å². The van der Waals surface area contributed by atoms with Crippen LogP contribution < -0.4 is 0 Å². The van der Waals surface area contributed by atoms with Gasteiger partial charge in [-0.2, -0.15) is 0 Å². The number of likely N-dealkylation sites (tertiary alicyclic amines) is 1. The van der Waals surface area contributed by atoms with Gasteiger partial charge in [-0.1, -0.05) is 35.5 Å². The predicted molar refractivity (Wildman–Crippen MR) is 101 cm³/mol. The Balaban J connectivity index is 1.82. The van der Waals surface area contributed by atoms with Crippen molar-refractivity contribution in [1.29, 1.82) is 0 Å². The van der Waals surface area contributed by atoms with Gasteiger partial charge in [0, 0.05) is 26.8 Å². The summed E-state index contributed by atoms with van der Waals surface area (Å²) in [5.74, 6) is -0.955. The van der Waals surface area contributed by atoms with Crippen LogP contribution in [0, 0.1) is 5.92 Å². The zero-order chi connectivity index (χ0) is 18.6. The molecule has 2 rings (SSSR count). The average molecular weight is 362 g/mol. The van der Waals surface area contributed by atoms with Gasteiger partial charge in [0.25, 0.3) is 0 Å². The number of hydrogen-bond donors (Lipinski definition) is 1. The molecule has 0 unspecified atom stereocenters. The summed E-state index contributed by atoms with van der Waals surface area (Å²) < 4.78 is 5.10. The van der Waals surface area contributed by atoms with E-state index in [0.717, 1.165) is 56.5 Å². The van der Waals surface area contributed by atoms with Crippen LogP contribution in [0.5, 0.6) is 0 Å². The van der Waals surface area contributed by atoms with Crippen molar-refractivity contribution < 1.29 is 19.5 Å². The van der Waals surface area contributed by atoms with Gasteiger partial charge in [0.2, 0.25) is 0 Å². The number of piperidine rings is 1. The largest absolute Gasteiger partial charge is 0.481 e. The van der Waals surface area contributed by atoms with Crippen LogP contribution in [0.25, 0.3) is 0 Å². The molecule has 1 atom stereocenters. The predicted octanol–water partition coefficient (Wildman–Crippen LogP) is 3.02. The number of methoxy groups -OCH3 is 1. The first kappa shape index (κ1) is 20.4. The van der Waals surface area contributed by atoms with Crippen LogP contribution in [0.3, 0.4) is 0 Å². The quantitative estimate of drug-likeness (QED) is 0.372. The fourth-order valence-corrected chi connectivity index (χ4v) is 3.17. The van der Waals surface area contributed by atoms with Crippen molar-refractivity contribution in [3.8, 4) is 0 Å². The molecular weight excluding hydrogens is 332 g/mol. The van der Waals surface area contributed by atoms with Gasteiger partial charge in [-0.05, 0) is 44.2 Å². The van der Waals surface area contributed by atoms with Crippen molar-refractivity contribution in [2.45, 2.75) is 32.1 Å². The Morgan fingerprint density at radius 3 is 2.81 bits per heavy atom. The molecule has 1 aromatic rings. The van der Waals surface area contributed by atoms with Crippen molar-refractivity contribution in [3.05, 3.63) is 35.9 Å². The number of benzene rings is 1. The maximum atomic E-state index is 11.1. The zero-order valence-corrected chi connectivity index (χ0v) is 15.6. The van der Waals surface area contributed by atoms with E-state index in [2.05, 4.69) is 10.1 Å². The van der Waals surface area contributed by atoms with Gasteiger partial charge in [0.1, 0.15) is 6.61 Å². The zero-order valence-electron chi connectivity index (χ0n) is 15.6. The van der Waals surface area contributed by atoms with E-state index in [1.165, 1.54) is 0 Å². The Morgan fingerprint density at radius 2 is 2.08 bits per heavy atom. The fourth-order valence-electron chi connectivity index (χ4n) is 3.17. The number of rotatable bonds is 11. The van der Waals surface area contributed by atoms with Gasteiger partial charge in [0.05, 0.1) is 11.6 Å². The first-order chi connectivity index (χ1) is 12.7. The summed E-state index contributed by atoms with van der Waals surface area (Å²) >= 11 is 0. The number of hydrogen-bond acceptors (Lipinski definition) is 5. The van der Waals surface area contributed by atoms with Crippen LogP contribution in [0.4, 0.5) is 0 Å². The maximum absolute atomic E-state index is 11.1. The molecule has 26 heavy (non-hydrogen) atoms. The molecule has 1 heterocycles. The molecule has 1 saturated heterocycles. The number of carboxylic acids is 1. The molecule has 0 aliphatic carbocycles. The van der Waals surface area contributed by atoms with Crippen LogP contribution in [0.2, 0.25) is 0 Å². The number of oxime groups is 1. The number of nitrogens with zero attached hydrogens (tertiary/aromatic N) is 2.